The fraction of sp³-hybridized carbons (Fsp3) is 0.400. The van der Waals surface area contributed by atoms with E-state index >= 15 is 0 Å². The molecular formula is C10H7F6N3. The molecule has 0 saturated heterocycles. The molecule has 0 fully saturated rings. The van der Waals surface area contributed by atoms with Gasteiger partial charge in [0, 0.05) is 4.91 Å². The molecule has 104 valence electrons. The van der Waals surface area contributed by atoms with Crippen molar-refractivity contribution in [2.45, 2.75) is 24.8 Å². The lowest BCUT2D eigenvalue weighted by molar-refractivity contribution is -0.301. The van der Waals surface area contributed by atoms with E-state index in [0.29, 0.717) is 17.7 Å². The molecule has 0 N–H and O–H groups in total. The van der Waals surface area contributed by atoms with Crippen LogP contribution in [0.4, 0.5) is 26.3 Å². The number of benzene rings is 1. The molecular weight excluding hydrogens is 276 g/mol. The van der Waals surface area contributed by atoms with Crippen LogP contribution in [0, 0.1) is 6.92 Å². The zero-order valence-electron chi connectivity index (χ0n) is 9.42. The van der Waals surface area contributed by atoms with E-state index in [-0.39, 0.29) is 0 Å². The predicted molar refractivity (Wildman–Crippen MR) is 54.1 cm³/mol. The number of rotatable bonds is 2. The number of hydrogen-bond donors (Lipinski definition) is 0. The summed E-state index contributed by atoms with van der Waals surface area (Å²) in [5.41, 5.74) is 2.83. The van der Waals surface area contributed by atoms with Crippen molar-refractivity contribution in [3.05, 3.63) is 45.8 Å². The summed E-state index contributed by atoms with van der Waals surface area (Å²) in [4.78, 5) is 1.72. The van der Waals surface area contributed by atoms with E-state index in [1.54, 1.807) is 4.91 Å². The van der Waals surface area contributed by atoms with E-state index in [1.165, 1.54) is 6.92 Å². The number of azide groups is 1. The molecule has 0 amide bonds. The Balaban J connectivity index is 3.67. The first-order valence-electron chi connectivity index (χ1n) is 4.83. The molecule has 0 unspecified atom stereocenters. The molecule has 1 aromatic rings. The van der Waals surface area contributed by atoms with Crippen LogP contribution in [0.5, 0.6) is 0 Å². The highest BCUT2D eigenvalue weighted by atomic mass is 19.4. The summed E-state index contributed by atoms with van der Waals surface area (Å²) in [7, 11) is 0. The van der Waals surface area contributed by atoms with Crippen molar-refractivity contribution in [2.75, 3.05) is 0 Å². The van der Waals surface area contributed by atoms with Gasteiger partial charge in [0.15, 0.2) is 0 Å². The maximum absolute atomic E-state index is 12.9. The SMILES string of the molecule is Cc1ccc(C(N=[N+]=[N-])(C(F)(F)F)C(F)(F)F)cc1. The lowest BCUT2D eigenvalue weighted by Crippen LogP contribution is -2.52. The van der Waals surface area contributed by atoms with Gasteiger partial charge in [0.05, 0.1) is 0 Å². The van der Waals surface area contributed by atoms with Gasteiger partial charge >= 0.3 is 12.4 Å². The van der Waals surface area contributed by atoms with Gasteiger partial charge in [-0.25, -0.2) is 0 Å². The molecule has 0 radical (unpaired) electrons. The molecule has 1 rings (SSSR count). The Bertz CT molecular complexity index is 481. The third-order valence-electron chi connectivity index (χ3n) is 2.48. The Labute approximate surface area is 103 Å². The Morgan fingerprint density at radius 3 is 1.68 bits per heavy atom. The number of halogens is 6. The number of aryl methyl sites for hydroxylation is 1. The highest BCUT2D eigenvalue weighted by Crippen LogP contribution is 2.53. The number of alkyl halides is 6. The summed E-state index contributed by atoms with van der Waals surface area (Å²) >= 11 is 0. The number of nitrogens with zero attached hydrogens (tertiary/aromatic N) is 3. The average molecular weight is 283 g/mol. The zero-order chi connectivity index (χ0) is 14.9. The second kappa shape index (κ2) is 4.65. The smallest absolute Gasteiger partial charge is 0.170 e. The summed E-state index contributed by atoms with van der Waals surface area (Å²) < 4.78 is 77.2. The Morgan fingerprint density at radius 2 is 1.37 bits per heavy atom. The molecule has 19 heavy (non-hydrogen) atoms. The molecule has 0 aliphatic rings. The first-order chi connectivity index (χ1) is 8.56. The Hall–Kier alpha value is -1.89. The third-order valence-corrected chi connectivity index (χ3v) is 2.48. The first-order valence-corrected chi connectivity index (χ1v) is 4.83. The van der Waals surface area contributed by atoms with Gasteiger partial charge in [-0.2, -0.15) is 26.3 Å². The van der Waals surface area contributed by atoms with Crippen molar-refractivity contribution < 1.29 is 26.3 Å². The van der Waals surface area contributed by atoms with Crippen LogP contribution in [0.2, 0.25) is 0 Å². The van der Waals surface area contributed by atoms with Crippen LogP contribution < -0.4 is 0 Å². The van der Waals surface area contributed by atoms with Crippen LogP contribution in [-0.2, 0) is 5.54 Å². The lowest BCUT2D eigenvalue weighted by atomic mass is 9.88. The molecule has 0 spiro atoms. The topological polar surface area (TPSA) is 48.8 Å². The second-order valence-electron chi connectivity index (χ2n) is 3.76. The van der Waals surface area contributed by atoms with E-state index in [0.717, 1.165) is 12.1 Å². The average Bonchev–Trinajstić information content (AvgIpc) is 2.24. The zero-order valence-corrected chi connectivity index (χ0v) is 9.42. The molecule has 0 atom stereocenters. The molecule has 9 heteroatoms. The van der Waals surface area contributed by atoms with Gasteiger partial charge in [-0.3, -0.25) is 0 Å². The molecule has 0 aliphatic carbocycles. The monoisotopic (exact) mass is 283 g/mol. The Kier molecular flexibility index (Phi) is 3.72. The van der Waals surface area contributed by atoms with Crippen LogP contribution in [0.1, 0.15) is 11.1 Å². The summed E-state index contributed by atoms with van der Waals surface area (Å²) in [5, 5.41) is 2.03. The maximum Gasteiger partial charge on any atom is 0.413 e. The molecule has 0 bridgehead atoms. The largest absolute Gasteiger partial charge is 0.413 e. The van der Waals surface area contributed by atoms with E-state index in [2.05, 4.69) is 0 Å². The van der Waals surface area contributed by atoms with E-state index in [9.17, 15) is 26.3 Å². The van der Waals surface area contributed by atoms with Crippen LogP contribution in [0.15, 0.2) is 29.4 Å². The van der Waals surface area contributed by atoms with Gasteiger partial charge in [0.25, 0.3) is 5.54 Å². The quantitative estimate of drug-likeness (QED) is 0.329. The van der Waals surface area contributed by atoms with E-state index in [4.69, 9.17) is 5.53 Å². The minimum Gasteiger partial charge on any atom is -0.170 e. The van der Waals surface area contributed by atoms with Crippen molar-refractivity contribution in [3.8, 4) is 0 Å². The van der Waals surface area contributed by atoms with Crippen LogP contribution in [0.25, 0.3) is 10.4 Å². The normalized spacial score (nSPS) is 13.0. The molecule has 0 heterocycles. The summed E-state index contributed by atoms with van der Waals surface area (Å²) in [5.74, 6) is 0. The molecule has 0 aliphatic heterocycles. The summed E-state index contributed by atoms with van der Waals surface area (Å²) in [6.07, 6.45) is -11.6. The minimum absolute atomic E-state index is 0.475. The van der Waals surface area contributed by atoms with Crippen LogP contribution >= 0.6 is 0 Å². The lowest BCUT2D eigenvalue weighted by Gasteiger charge is -2.33. The standard InChI is InChI=1S/C10H7F6N3/c1-6-2-4-7(5-3-6)8(18-19-17,9(11,12)13)10(14,15)16/h2-5H,1H3. The molecule has 3 nitrogen and oxygen atoms in total. The van der Waals surface area contributed by atoms with Gasteiger partial charge in [-0.05, 0) is 18.0 Å². The molecule has 1 aromatic carbocycles. The van der Waals surface area contributed by atoms with E-state index < -0.39 is 23.5 Å². The second-order valence-corrected chi connectivity index (χ2v) is 3.76. The predicted octanol–water partition coefficient (Wildman–Crippen LogP) is 4.63. The third kappa shape index (κ3) is 2.46. The van der Waals surface area contributed by atoms with Gasteiger partial charge in [0.2, 0.25) is 0 Å². The molecule has 0 saturated carbocycles. The highest BCUT2D eigenvalue weighted by Gasteiger charge is 2.71. The van der Waals surface area contributed by atoms with Crippen molar-refractivity contribution in [2.24, 2.45) is 5.11 Å². The highest BCUT2D eigenvalue weighted by molar-refractivity contribution is 5.32. The number of hydrogen-bond acceptors (Lipinski definition) is 1. The minimum atomic E-state index is -5.80. The molecule has 0 aromatic heterocycles. The van der Waals surface area contributed by atoms with Crippen LogP contribution in [0.3, 0.4) is 0 Å². The Morgan fingerprint density at radius 1 is 0.947 bits per heavy atom. The van der Waals surface area contributed by atoms with Crippen molar-refractivity contribution in [1.29, 1.82) is 0 Å². The van der Waals surface area contributed by atoms with Crippen LogP contribution in [-0.4, -0.2) is 12.4 Å². The summed E-state index contributed by atoms with van der Waals surface area (Å²) in [6.45, 7) is 1.50. The van der Waals surface area contributed by atoms with Gasteiger partial charge < -0.3 is 0 Å². The fourth-order valence-corrected chi connectivity index (χ4v) is 1.52. The van der Waals surface area contributed by atoms with E-state index in [1.807, 2.05) is 5.11 Å². The van der Waals surface area contributed by atoms with Crippen molar-refractivity contribution in [1.82, 2.24) is 0 Å². The summed E-state index contributed by atoms with van der Waals surface area (Å²) in [6, 6.07) is 3.44. The van der Waals surface area contributed by atoms with Gasteiger partial charge in [0.1, 0.15) is 0 Å². The van der Waals surface area contributed by atoms with Crippen molar-refractivity contribution >= 4 is 0 Å². The van der Waals surface area contributed by atoms with Gasteiger partial charge in [-0.1, -0.05) is 34.9 Å². The first kappa shape index (κ1) is 15.2. The van der Waals surface area contributed by atoms with Crippen molar-refractivity contribution in [3.63, 3.8) is 0 Å². The maximum atomic E-state index is 12.9. The van der Waals surface area contributed by atoms with Gasteiger partial charge in [-0.15, -0.1) is 0 Å². The fourth-order valence-electron chi connectivity index (χ4n) is 1.52.